The summed E-state index contributed by atoms with van der Waals surface area (Å²) in [6.07, 6.45) is 0.481. The number of hydrogen-bond donors (Lipinski definition) is 1. The smallest absolute Gasteiger partial charge is 0.243 e. The Morgan fingerprint density at radius 3 is 2.33 bits per heavy atom. The molecular weight excluding hydrogens is 559 g/mol. The van der Waals surface area contributed by atoms with Crippen molar-refractivity contribution in [2.24, 2.45) is 0 Å². The van der Waals surface area contributed by atoms with E-state index in [4.69, 9.17) is 27.7 Å². The van der Waals surface area contributed by atoms with Gasteiger partial charge in [0.15, 0.2) is 5.82 Å². The number of nitrogens with zero attached hydrogens (tertiary/aromatic N) is 3. The fourth-order valence-corrected chi connectivity index (χ4v) is 5.59. The van der Waals surface area contributed by atoms with Crippen LogP contribution in [0.25, 0.3) is 0 Å². The van der Waals surface area contributed by atoms with Gasteiger partial charge in [0, 0.05) is 34.6 Å². The largest absolute Gasteiger partial charge is 0.339 e. The Labute approximate surface area is 238 Å². The van der Waals surface area contributed by atoms with E-state index in [0.717, 1.165) is 15.4 Å². The summed E-state index contributed by atoms with van der Waals surface area (Å²) in [5.74, 6) is 0.810. The monoisotopic (exact) mass is 586 g/mol. The molecule has 0 atom stereocenters. The van der Waals surface area contributed by atoms with Crippen molar-refractivity contribution in [3.8, 4) is 0 Å². The first-order valence-electron chi connectivity index (χ1n) is 12.2. The molecule has 39 heavy (non-hydrogen) atoms. The van der Waals surface area contributed by atoms with Crippen LogP contribution in [-0.2, 0) is 27.8 Å². The minimum atomic E-state index is -4.02. The molecule has 4 rings (SSSR count). The van der Waals surface area contributed by atoms with E-state index in [9.17, 15) is 13.2 Å². The molecule has 11 heteroatoms. The molecule has 204 valence electrons. The number of sulfonamides is 1. The number of rotatable bonds is 10. The average Bonchev–Trinajstić information content (AvgIpc) is 3.35. The number of nitrogens with one attached hydrogen (secondary N) is 1. The van der Waals surface area contributed by atoms with E-state index in [0.29, 0.717) is 39.4 Å². The number of hydrogen-bond acceptors (Lipinski definition) is 6. The Morgan fingerprint density at radius 2 is 1.72 bits per heavy atom. The Kier molecular flexibility index (Phi) is 9.07. The SMILES string of the molecule is Cc1ccc(S(=O)(=O)N(CC(=O)Nc2ccc(Cc3noc(C(C)C)n3)cc2)Cc2ccc(Cl)cc2Cl)cc1. The van der Waals surface area contributed by atoms with E-state index in [1.54, 1.807) is 36.4 Å². The van der Waals surface area contributed by atoms with Gasteiger partial charge in [-0.15, -0.1) is 0 Å². The molecule has 0 aliphatic rings. The number of aromatic nitrogens is 2. The van der Waals surface area contributed by atoms with E-state index in [1.807, 2.05) is 32.9 Å². The lowest BCUT2D eigenvalue weighted by atomic mass is 10.1. The van der Waals surface area contributed by atoms with Crippen molar-refractivity contribution in [2.45, 2.75) is 44.6 Å². The molecule has 4 aromatic rings. The minimum absolute atomic E-state index is 0.0810. The lowest BCUT2D eigenvalue weighted by Gasteiger charge is -2.22. The molecule has 0 bridgehead atoms. The topological polar surface area (TPSA) is 105 Å². The number of carbonyl (C=O) groups is 1. The molecule has 0 fully saturated rings. The summed E-state index contributed by atoms with van der Waals surface area (Å²) >= 11 is 12.3. The normalized spacial score (nSPS) is 11.8. The predicted octanol–water partition coefficient (Wildman–Crippen LogP) is 6.23. The van der Waals surface area contributed by atoms with Crippen LogP contribution in [0.3, 0.4) is 0 Å². The van der Waals surface area contributed by atoms with Crippen molar-refractivity contribution in [2.75, 3.05) is 11.9 Å². The van der Waals surface area contributed by atoms with Gasteiger partial charge in [0.25, 0.3) is 0 Å². The summed E-state index contributed by atoms with van der Waals surface area (Å²) in [7, 11) is -4.02. The first-order valence-corrected chi connectivity index (χ1v) is 14.4. The third-order valence-electron chi connectivity index (χ3n) is 5.92. The summed E-state index contributed by atoms with van der Waals surface area (Å²) in [5, 5.41) is 7.51. The van der Waals surface area contributed by atoms with E-state index in [1.165, 1.54) is 18.2 Å². The minimum Gasteiger partial charge on any atom is -0.339 e. The van der Waals surface area contributed by atoms with Gasteiger partial charge in [-0.1, -0.05) is 78.1 Å². The Hall–Kier alpha value is -3.24. The van der Waals surface area contributed by atoms with Gasteiger partial charge >= 0.3 is 0 Å². The lowest BCUT2D eigenvalue weighted by molar-refractivity contribution is -0.116. The fraction of sp³-hybridized carbons (Fsp3) is 0.250. The molecule has 3 aromatic carbocycles. The quantitative estimate of drug-likeness (QED) is 0.236. The zero-order chi connectivity index (χ0) is 28.2. The van der Waals surface area contributed by atoms with E-state index >= 15 is 0 Å². The highest BCUT2D eigenvalue weighted by molar-refractivity contribution is 7.89. The summed E-state index contributed by atoms with van der Waals surface area (Å²) in [5.41, 5.74) is 2.90. The average molecular weight is 588 g/mol. The van der Waals surface area contributed by atoms with Gasteiger partial charge in [0.05, 0.1) is 11.4 Å². The van der Waals surface area contributed by atoms with Crippen molar-refractivity contribution in [1.82, 2.24) is 14.4 Å². The van der Waals surface area contributed by atoms with Crippen LogP contribution < -0.4 is 5.32 Å². The van der Waals surface area contributed by atoms with Gasteiger partial charge in [-0.3, -0.25) is 4.79 Å². The maximum Gasteiger partial charge on any atom is 0.243 e. The molecule has 1 heterocycles. The van der Waals surface area contributed by atoms with Gasteiger partial charge in [-0.05, 0) is 54.4 Å². The van der Waals surface area contributed by atoms with Crippen molar-refractivity contribution in [3.05, 3.63) is 105 Å². The lowest BCUT2D eigenvalue weighted by Crippen LogP contribution is -2.37. The van der Waals surface area contributed by atoms with Crippen LogP contribution in [-0.4, -0.2) is 35.3 Å². The third kappa shape index (κ3) is 7.45. The van der Waals surface area contributed by atoms with Crippen molar-refractivity contribution in [1.29, 1.82) is 0 Å². The Balaban J connectivity index is 1.49. The van der Waals surface area contributed by atoms with Crippen molar-refractivity contribution < 1.29 is 17.7 Å². The predicted molar refractivity (Wildman–Crippen MR) is 152 cm³/mol. The van der Waals surface area contributed by atoms with Gasteiger partial charge in [0.2, 0.25) is 21.8 Å². The molecular formula is C28H28Cl2N4O4S. The molecule has 0 radical (unpaired) electrons. The number of halogens is 2. The van der Waals surface area contributed by atoms with Crippen LogP contribution >= 0.6 is 23.2 Å². The number of anilines is 1. The molecule has 0 spiro atoms. The third-order valence-corrected chi connectivity index (χ3v) is 8.31. The Bertz CT molecular complexity index is 1550. The van der Waals surface area contributed by atoms with Gasteiger partial charge in [0.1, 0.15) is 0 Å². The zero-order valence-corrected chi connectivity index (χ0v) is 24.0. The van der Waals surface area contributed by atoms with Gasteiger partial charge in [-0.2, -0.15) is 9.29 Å². The molecule has 1 aromatic heterocycles. The molecule has 0 aliphatic heterocycles. The van der Waals surface area contributed by atoms with E-state index < -0.39 is 22.5 Å². The molecule has 1 N–H and O–H groups in total. The molecule has 1 amide bonds. The highest BCUT2D eigenvalue weighted by atomic mass is 35.5. The van der Waals surface area contributed by atoms with Crippen LogP contribution in [0, 0.1) is 6.92 Å². The summed E-state index contributed by atoms with van der Waals surface area (Å²) in [4.78, 5) is 17.5. The fourth-order valence-electron chi connectivity index (χ4n) is 3.75. The first kappa shape index (κ1) is 28.8. The summed E-state index contributed by atoms with van der Waals surface area (Å²) in [6.45, 7) is 5.29. The second kappa shape index (κ2) is 12.3. The van der Waals surface area contributed by atoms with Crippen molar-refractivity contribution >= 4 is 44.8 Å². The molecule has 0 aliphatic carbocycles. The molecule has 8 nitrogen and oxygen atoms in total. The van der Waals surface area contributed by atoms with Crippen LogP contribution in [0.2, 0.25) is 10.0 Å². The zero-order valence-electron chi connectivity index (χ0n) is 21.7. The second-order valence-corrected chi connectivity index (χ2v) is 12.2. The summed E-state index contributed by atoms with van der Waals surface area (Å²) < 4.78 is 33.4. The van der Waals surface area contributed by atoms with Gasteiger partial charge < -0.3 is 9.84 Å². The van der Waals surface area contributed by atoms with Gasteiger partial charge in [-0.25, -0.2) is 8.42 Å². The number of amides is 1. The van der Waals surface area contributed by atoms with E-state index in [2.05, 4.69) is 15.5 Å². The number of carbonyl (C=O) groups excluding carboxylic acids is 1. The molecule has 0 unspecified atom stereocenters. The summed E-state index contributed by atoms with van der Waals surface area (Å²) in [6, 6.07) is 18.4. The van der Waals surface area contributed by atoms with Crippen LogP contribution in [0.1, 0.15) is 48.2 Å². The van der Waals surface area contributed by atoms with Crippen LogP contribution in [0.4, 0.5) is 5.69 Å². The number of aryl methyl sites for hydroxylation is 1. The maximum absolute atomic E-state index is 13.5. The second-order valence-electron chi connectivity index (χ2n) is 9.45. The van der Waals surface area contributed by atoms with E-state index in [-0.39, 0.29) is 17.4 Å². The first-order chi connectivity index (χ1) is 18.5. The standard InChI is InChI=1S/C28H28Cl2N4O4S/c1-18(2)28-32-26(33-38-28)14-20-6-10-23(11-7-20)31-27(35)17-34(16-21-8-9-22(29)15-25(21)30)39(36,37)24-12-4-19(3)5-13-24/h4-13,15,18H,14,16-17H2,1-3H3,(H,31,35). The van der Waals surface area contributed by atoms with Crippen LogP contribution in [0.15, 0.2) is 76.1 Å². The Morgan fingerprint density at radius 1 is 1.03 bits per heavy atom. The van der Waals surface area contributed by atoms with Crippen LogP contribution in [0.5, 0.6) is 0 Å². The number of benzene rings is 3. The molecule has 0 saturated carbocycles. The van der Waals surface area contributed by atoms with Crippen molar-refractivity contribution in [3.63, 3.8) is 0 Å². The highest BCUT2D eigenvalue weighted by Crippen LogP contribution is 2.26. The highest BCUT2D eigenvalue weighted by Gasteiger charge is 2.27. The maximum atomic E-state index is 13.5. The molecule has 0 saturated heterocycles.